The number of imidazole rings is 3. The van der Waals surface area contributed by atoms with Crippen molar-refractivity contribution in [1.82, 2.24) is 53.6 Å². The number of phosphoric ester groups is 3. The number of nitrogens with one attached hydrogen (secondary N) is 3. The molecule has 3 aliphatic heterocycles. The Kier molecular flexibility index (Phi) is 14.8. The molecule has 6 aromatic rings. The van der Waals surface area contributed by atoms with E-state index in [-0.39, 0.29) is 51.2 Å². The third-order valence-corrected chi connectivity index (χ3v) is 17.3. The van der Waals surface area contributed by atoms with Gasteiger partial charge in [-0.15, -0.1) is 0 Å². The monoisotopic (exact) mass is 1160 g/mol. The second kappa shape index (κ2) is 20.3. The maximum atomic E-state index is 13.9. The minimum absolute atomic E-state index is 0.000260. The number of aromatic nitrogens is 12. The molecule has 9 heterocycles. The fourth-order valence-corrected chi connectivity index (χ4v) is 13.1. The first-order valence-corrected chi connectivity index (χ1v) is 27.5. The lowest BCUT2D eigenvalue weighted by Crippen LogP contribution is -2.50. The third-order valence-electron chi connectivity index (χ3n) is 12.1. The van der Waals surface area contributed by atoms with Gasteiger partial charge in [0.2, 0.25) is 24.5 Å². The lowest BCUT2D eigenvalue weighted by Gasteiger charge is -2.35. The predicted molar refractivity (Wildman–Crippen MR) is 244 cm³/mol. The van der Waals surface area contributed by atoms with Crippen molar-refractivity contribution >= 4 is 82.5 Å². The average Bonchev–Trinajstić information content (AvgIpc) is 4.23. The standard InChI is InChI=1S/C33H45N15O24P4/c1-36-23-16-24(38-9-37-23)48(11-39-16)33(63-3)8-65-15(22(33)70-73(55,56)66-5-14-21(51)32(54,7-64-14)47-10-40-17-25(47)41-30(34)43-27(17)52)6-68-75(59,60)72-76(61,62)71-74(57,58)67-4-13-19(49)20(50)29(69-13)46-12-45(2)18-26(46)42-31(35)44-28(18)53/h9-15,19-22,29,49-51,54H,4-8H2,1-3H3,(H10-,34,35,36,37,38,41,42,43,44,52,53,55,56,57,58,59,60,61,62)/p+1/t13-,14-,15-,19?,20?,21?,22?,29-,32?,33?/m1/s1. The van der Waals surface area contributed by atoms with Crippen molar-refractivity contribution in [3.63, 3.8) is 0 Å². The third kappa shape index (κ3) is 10.4. The Balaban J connectivity index is 0.877. The van der Waals surface area contributed by atoms with Gasteiger partial charge in [-0.3, -0.25) is 46.8 Å². The number of aromatic amines is 2. The summed E-state index contributed by atoms with van der Waals surface area (Å²) in [6, 6.07) is 0. The van der Waals surface area contributed by atoms with Crippen LogP contribution in [0.1, 0.15) is 6.23 Å². The molecule has 0 amide bonds. The fourth-order valence-electron chi connectivity index (χ4n) is 8.56. The van der Waals surface area contributed by atoms with Crippen molar-refractivity contribution in [2.45, 2.75) is 60.4 Å². The van der Waals surface area contributed by atoms with E-state index in [1.807, 2.05) is 0 Å². The zero-order chi connectivity index (χ0) is 55.1. The van der Waals surface area contributed by atoms with Crippen LogP contribution in [0.2, 0.25) is 0 Å². The van der Waals surface area contributed by atoms with Gasteiger partial charge in [-0.2, -0.15) is 23.2 Å². The summed E-state index contributed by atoms with van der Waals surface area (Å²) in [5.74, 6) is -0.459. The number of nitrogens with zero attached hydrogens (tertiary/aromatic N) is 10. The van der Waals surface area contributed by atoms with Crippen LogP contribution in [0.15, 0.2) is 34.9 Å². The number of ether oxygens (including phenoxy) is 4. The van der Waals surface area contributed by atoms with Gasteiger partial charge in [-0.05, 0) is 0 Å². The molecule has 14 atom stereocenters. The maximum Gasteiger partial charge on any atom is 0.490 e. The summed E-state index contributed by atoms with van der Waals surface area (Å²) >= 11 is 0. The van der Waals surface area contributed by atoms with E-state index in [9.17, 15) is 67.8 Å². The van der Waals surface area contributed by atoms with Crippen LogP contribution in [0, 0.1) is 0 Å². The van der Waals surface area contributed by atoms with Crippen molar-refractivity contribution in [3.05, 3.63) is 46.0 Å². The van der Waals surface area contributed by atoms with Crippen molar-refractivity contribution in [3.8, 4) is 0 Å². The van der Waals surface area contributed by atoms with Gasteiger partial charge < -0.3 is 75.7 Å². The minimum Gasteiger partial charge on any atom is -0.387 e. The molecule has 0 bridgehead atoms. The Morgan fingerprint density at radius 2 is 1.37 bits per heavy atom. The number of aliphatic hydroxyl groups is 4. The topological polar surface area (TPSA) is 548 Å². The van der Waals surface area contributed by atoms with E-state index in [1.54, 1.807) is 0 Å². The smallest absolute Gasteiger partial charge is 0.387 e. The minimum atomic E-state index is -6.20. The van der Waals surface area contributed by atoms with Crippen LogP contribution in [-0.2, 0) is 82.4 Å². The Morgan fingerprint density at radius 1 is 0.776 bits per heavy atom. The quantitative estimate of drug-likeness (QED) is 0.0252. The van der Waals surface area contributed by atoms with Gasteiger partial charge in [0.15, 0.2) is 39.6 Å². The van der Waals surface area contributed by atoms with Crippen LogP contribution in [-0.4, -0.2) is 183 Å². The number of fused-ring (bicyclic) bond motifs is 3. The van der Waals surface area contributed by atoms with Crippen LogP contribution in [0.5, 0.6) is 0 Å². The van der Waals surface area contributed by atoms with E-state index in [0.29, 0.717) is 0 Å². The first-order chi connectivity index (χ1) is 35.6. The number of nitrogen functional groups attached to an aromatic ring is 2. The summed E-state index contributed by atoms with van der Waals surface area (Å²) in [5.41, 5.74) is 4.84. The molecule has 10 unspecified atom stereocenters. The van der Waals surface area contributed by atoms with E-state index >= 15 is 0 Å². The largest absolute Gasteiger partial charge is 0.490 e. The van der Waals surface area contributed by atoms with Crippen LogP contribution in [0.3, 0.4) is 0 Å². The number of methoxy groups -OCH3 is 1. The number of anilines is 3. The summed E-state index contributed by atoms with van der Waals surface area (Å²) < 4.78 is 109. The van der Waals surface area contributed by atoms with E-state index in [2.05, 4.69) is 53.8 Å². The molecule has 39 nitrogen and oxygen atoms in total. The highest BCUT2D eigenvalue weighted by molar-refractivity contribution is 7.66. The molecule has 416 valence electrons. The molecule has 76 heavy (non-hydrogen) atoms. The number of rotatable bonds is 20. The molecule has 0 saturated carbocycles. The fraction of sp³-hybridized carbons (Fsp3) is 0.545. The molecule has 6 aromatic heterocycles. The van der Waals surface area contributed by atoms with Crippen LogP contribution < -0.4 is 32.5 Å². The number of aryl methyl sites for hydroxylation is 1. The van der Waals surface area contributed by atoms with Gasteiger partial charge in [-0.25, -0.2) is 42.8 Å². The number of aliphatic hydroxyl groups excluding tert-OH is 3. The summed E-state index contributed by atoms with van der Waals surface area (Å²) in [7, 11) is -19.5. The second-order valence-electron chi connectivity index (χ2n) is 16.8. The number of phosphoric acid groups is 4. The Bertz CT molecular complexity index is 3520. The summed E-state index contributed by atoms with van der Waals surface area (Å²) in [4.78, 5) is 96.3. The zero-order valence-electron chi connectivity index (χ0n) is 39.0. The lowest BCUT2D eigenvalue weighted by atomic mass is 10.1. The molecule has 3 fully saturated rings. The average molecular weight is 1160 g/mol. The zero-order valence-corrected chi connectivity index (χ0v) is 42.6. The Labute approximate surface area is 421 Å². The highest BCUT2D eigenvalue weighted by Gasteiger charge is 2.58. The van der Waals surface area contributed by atoms with Gasteiger partial charge in [0.1, 0.15) is 49.1 Å². The van der Waals surface area contributed by atoms with Crippen LogP contribution in [0.25, 0.3) is 33.5 Å². The molecular formula is C33H46N15O24P4+. The van der Waals surface area contributed by atoms with Gasteiger partial charge >= 0.3 is 36.9 Å². The number of hydrogen-bond acceptors (Lipinski definition) is 29. The molecule has 0 radical (unpaired) electrons. The van der Waals surface area contributed by atoms with E-state index < -0.39 is 136 Å². The van der Waals surface area contributed by atoms with Crippen LogP contribution in [0.4, 0.5) is 17.7 Å². The summed E-state index contributed by atoms with van der Waals surface area (Å²) in [5, 5.41) is 47.0. The molecule has 3 aliphatic rings. The van der Waals surface area contributed by atoms with Gasteiger partial charge in [-0.1, -0.05) is 0 Å². The molecule has 3 saturated heterocycles. The molecule has 0 aromatic carbocycles. The van der Waals surface area contributed by atoms with Crippen LogP contribution >= 0.6 is 31.3 Å². The van der Waals surface area contributed by atoms with Gasteiger partial charge in [0.05, 0.1) is 52.7 Å². The number of nitrogens with two attached hydrogens (primary N) is 2. The SMILES string of the molecule is CNc1ncnc2c1ncn2C1(OC)CO[C@H](COP(=O)(O)OP(=O)(O)OP(=O)(O)OC[C@H]2O[C@@H](n3c[n+](C)c4c(=O)[nH]c(N)nc43)C(O)C2O)C1OP(=O)(O)OC[C@H]1OCC(O)(n2cnc3c(=O)[nH]c(N)nc32)C1O. The second-order valence-corrected chi connectivity index (χ2v) is 22.9. The van der Waals surface area contributed by atoms with Crippen molar-refractivity contribution < 1.29 is 108 Å². The van der Waals surface area contributed by atoms with Crippen molar-refractivity contribution in [2.24, 2.45) is 7.05 Å². The predicted octanol–water partition coefficient (Wildman–Crippen LogP) is -4.68. The van der Waals surface area contributed by atoms with Gasteiger partial charge in [0.25, 0.3) is 16.7 Å². The molecule has 0 aliphatic carbocycles. The molecular weight excluding hydrogens is 1110 g/mol. The highest BCUT2D eigenvalue weighted by Crippen LogP contribution is 2.68. The van der Waals surface area contributed by atoms with Crippen molar-refractivity contribution in [1.29, 1.82) is 0 Å². The first kappa shape index (κ1) is 55.6. The van der Waals surface area contributed by atoms with Gasteiger partial charge in [0, 0.05) is 14.2 Å². The summed E-state index contributed by atoms with van der Waals surface area (Å²) in [6.45, 7) is -4.78. The molecule has 9 rings (SSSR count). The van der Waals surface area contributed by atoms with E-state index in [4.69, 9.17) is 48.5 Å². The summed E-state index contributed by atoms with van der Waals surface area (Å²) in [6.07, 6.45) is -9.80. The lowest BCUT2D eigenvalue weighted by molar-refractivity contribution is -0.646. The van der Waals surface area contributed by atoms with E-state index in [0.717, 1.165) is 35.2 Å². The number of H-pyrrole nitrogens is 2. The maximum absolute atomic E-state index is 13.9. The normalized spacial score (nSPS) is 30.2. The molecule has 15 N–H and O–H groups in total. The molecule has 43 heteroatoms. The molecule has 0 spiro atoms. The van der Waals surface area contributed by atoms with E-state index in [1.165, 1.54) is 29.6 Å². The van der Waals surface area contributed by atoms with Crippen molar-refractivity contribution in [2.75, 3.05) is 64.0 Å². The number of hydrogen-bond donors (Lipinski definition) is 13. The highest BCUT2D eigenvalue weighted by atomic mass is 31.3. The Morgan fingerprint density at radius 3 is 2.04 bits per heavy atom. The Hall–Kier alpha value is -5.15. The first-order valence-electron chi connectivity index (χ1n) is 21.5.